The van der Waals surface area contributed by atoms with Gasteiger partial charge >= 0.3 is 5.97 Å². The zero-order valence-corrected chi connectivity index (χ0v) is 42.0. The molecule has 356 valence electrons. The highest BCUT2D eigenvalue weighted by molar-refractivity contribution is 7.99. The predicted molar refractivity (Wildman–Crippen MR) is 273 cm³/mol. The Bertz CT molecular complexity index is 817. The number of hydrogen-bond acceptors (Lipinski definition) is 5. The van der Waals surface area contributed by atoms with Crippen LogP contribution >= 0.6 is 11.8 Å². The summed E-state index contributed by atoms with van der Waals surface area (Å²) in [6.45, 7) is 10.4. The largest absolute Gasteiger partial charge is 0.459 e. The minimum Gasteiger partial charge on any atom is -0.459 e. The van der Waals surface area contributed by atoms with E-state index in [4.69, 9.17) is 4.74 Å². The van der Waals surface area contributed by atoms with Gasteiger partial charge in [0.25, 0.3) is 0 Å². The first-order valence-electron chi connectivity index (χ1n) is 27.2. The molecule has 0 aromatic carbocycles. The van der Waals surface area contributed by atoms with E-state index in [2.05, 4.69) is 55.7 Å². The lowest BCUT2D eigenvalue weighted by atomic mass is 10.1. The van der Waals surface area contributed by atoms with Crippen LogP contribution in [0.15, 0.2) is 24.3 Å². The summed E-state index contributed by atoms with van der Waals surface area (Å²) in [4.78, 5) is 12.8. The van der Waals surface area contributed by atoms with Crippen molar-refractivity contribution in [3.05, 3.63) is 24.3 Å². The van der Waals surface area contributed by atoms with Crippen molar-refractivity contribution in [3.63, 3.8) is 0 Å². The third-order valence-corrected chi connectivity index (χ3v) is 13.2. The van der Waals surface area contributed by atoms with E-state index in [1.807, 2.05) is 0 Å². The number of ether oxygens (including phenoxy) is 1. The average molecular weight is 862 g/mol. The molecule has 0 unspecified atom stereocenters. The van der Waals surface area contributed by atoms with Crippen LogP contribution in [0.25, 0.3) is 0 Å². The summed E-state index contributed by atoms with van der Waals surface area (Å²) in [5, 5.41) is 7.26. The van der Waals surface area contributed by atoms with Gasteiger partial charge in [-0.25, -0.2) is 0 Å². The van der Waals surface area contributed by atoms with Gasteiger partial charge in [0.15, 0.2) is 0 Å². The maximum Gasteiger partial charge on any atom is 0.316 e. The Hall–Kier alpha value is -0.780. The molecule has 0 aliphatic rings. The molecule has 0 heterocycles. The molecule has 60 heavy (non-hydrogen) atoms. The number of allylic oxidation sites excluding steroid dienone is 4. The molecule has 0 saturated carbocycles. The van der Waals surface area contributed by atoms with Gasteiger partial charge in [-0.2, -0.15) is 11.8 Å². The van der Waals surface area contributed by atoms with Crippen LogP contribution in [0.4, 0.5) is 0 Å². The molecular weight excluding hydrogens is 753 g/mol. The van der Waals surface area contributed by atoms with Gasteiger partial charge < -0.3 is 15.4 Å². The zero-order valence-electron chi connectivity index (χ0n) is 41.1. The van der Waals surface area contributed by atoms with E-state index in [1.54, 1.807) is 11.8 Å². The molecule has 0 aliphatic carbocycles. The Morgan fingerprint density at radius 3 is 1.02 bits per heavy atom. The van der Waals surface area contributed by atoms with Crippen molar-refractivity contribution >= 4 is 17.7 Å². The van der Waals surface area contributed by atoms with E-state index >= 15 is 0 Å². The first-order valence-corrected chi connectivity index (χ1v) is 28.4. The maximum absolute atomic E-state index is 12.8. The molecule has 0 radical (unpaired) electrons. The SMILES string of the molecule is CCCCCCCC/C=C\CCCCCCCCNCC(CNCCCCCCCC/C=C\CCCCCCCC)OC(=O)CSCCCCCCCCCCCCCC. The fourth-order valence-corrected chi connectivity index (χ4v) is 8.88. The molecule has 0 aromatic rings. The van der Waals surface area contributed by atoms with Crippen LogP contribution < -0.4 is 10.6 Å². The summed E-state index contributed by atoms with van der Waals surface area (Å²) < 4.78 is 6.03. The summed E-state index contributed by atoms with van der Waals surface area (Å²) in [5.74, 6) is 1.51. The molecule has 0 rings (SSSR count). The summed E-state index contributed by atoms with van der Waals surface area (Å²) >= 11 is 1.76. The molecule has 0 atom stereocenters. The Kier molecular flexibility index (Phi) is 53.6. The van der Waals surface area contributed by atoms with E-state index < -0.39 is 0 Å². The van der Waals surface area contributed by atoms with Crippen molar-refractivity contribution in [3.8, 4) is 0 Å². The summed E-state index contributed by atoms with van der Waals surface area (Å²) in [5.41, 5.74) is 0. The molecule has 0 spiro atoms. The number of esters is 1. The summed E-state index contributed by atoms with van der Waals surface area (Å²) in [6.07, 6.45) is 63.5. The second-order valence-corrected chi connectivity index (χ2v) is 19.4. The smallest absolute Gasteiger partial charge is 0.316 e. The Labute approximate surface area is 382 Å². The van der Waals surface area contributed by atoms with Gasteiger partial charge in [0.1, 0.15) is 6.10 Å². The quantitative estimate of drug-likeness (QED) is 0.0362. The van der Waals surface area contributed by atoms with Gasteiger partial charge in [-0.3, -0.25) is 4.79 Å². The van der Waals surface area contributed by atoms with Gasteiger partial charge in [-0.15, -0.1) is 0 Å². The van der Waals surface area contributed by atoms with Crippen molar-refractivity contribution in [2.24, 2.45) is 0 Å². The first-order chi connectivity index (χ1) is 29.7. The monoisotopic (exact) mass is 861 g/mol. The van der Waals surface area contributed by atoms with Crippen LogP contribution in [0.3, 0.4) is 0 Å². The predicted octanol–water partition coefficient (Wildman–Crippen LogP) is 17.6. The Morgan fingerprint density at radius 2 is 0.683 bits per heavy atom. The van der Waals surface area contributed by atoms with E-state index in [0.29, 0.717) is 5.75 Å². The summed E-state index contributed by atoms with van der Waals surface area (Å²) in [6, 6.07) is 0. The number of nitrogens with one attached hydrogen (secondary N) is 2. The minimum absolute atomic E-state index is 0.0398. The van der Waals surface area contributed by atoms with Crippen LogP contribution in [0.1, 0.15) is 278 Å². The lowest BCUT2D eigenvalue weighted by molar-refractivity contribution is -0.145. The number of carbonyl (C=O) groups excluding carboxylic acids is 1. The van der Waals surface area contributed by atoms with E-state index in [1.165, 1.54) is 257 Å². The molecule has 0 saturated heterocycles. The molecule has 5 heteroatoms. The van der Waals surface area contributed by atoms with Crippen molar-refractivity contribution in [2.45, 2.75) is 284 Å². The van der Waals surface area contributed by atoms with E-state index in [0.717, 1.165) is 31.9 Å². The number of rotatable bonds is 52. The minimum atomic E-state index is -0.0898. The topological polar surface area (TPSA) is 50.4 Å². The second-order valence-electron chi connectivity index (χ2n) is 18.3. The fourth-order valence-electron chi connectivity index (χ4n) is 8.10. The Balaban J connectivity index is 4.13. The van der Waals surface area contributed by atoms with Crippen molar-refractivity contribution < 1.29 is 9.53 Å². The first kappa shape index (κ1) is 59.2. The molecule has 0 aromatic heterocycles. The standard InChI is InChI=1S/C55H108N2O2S/c1-4-7-10-13-16-19-22-25-27-29-31-33-36-39-42-45-48-56-51-54(59-55(58)53-60-50-47-44-41-38-35-24-21-18-15-12-9-6-3)52-57-49-46-43-40-37-34-32-30-28-26-23-20-17-14-11-8-5-2/h25-28,54,56-57H,4-24,29-53H2,1-3H3/b27-25-,28-26-. The number of carbonyl (C=O) groups is 1. The third kappa shape index (κ3) is 51.6. The molecule has 0 bridgehead atoms. The lowest BCUT2D eigenvalue weighted by Gasteiger charge is -2.19. The highest BCUT2D eigenvalue weighted by atomic mass is 32.2. The van der Waals surface area contributed by atoms with Crippen LogP contribution in [0.5, 0.6) is 0 Å². The van der Waals surface area contributed by atoms with Crippen LogP contribution in [0, 0.1) is 0 Å². The normalized spacial score (nSPS) is 11.9. The van der Waals surface area contributed by atoms with Crippen LogP contribution in [-0.4, -0.2) is 49.8 Å². The number of unbranched alkanes of at least 4 members (excludes halogenated alkanes) is 35. The Morgan fingerprint density at radius 1 is 0.400 bits per heavy atom. The molecule has 4 nitrogen and oxygen atoms in total. The van der Waals surface area contributed by atoms with Gasteiger partial charge in [0, 0.05) is 13.1 Å². The second kappa shape index (κ2) is 54.4. The van der Waals surface area contributed by atoms with Gasteiger partial charge in [-0.05, 0) is 89.5 Å². The molecule has 0 aliphatic heterocycles. The van der Waals surface area contributed by atoms with Crippen LogP contribution in [-0.2, 0) is 9.53 Å². The van der Waals surface area contributed by atoms with Crippen LogP contribution in [0.2, 0.25) is 0 Å². The molecule has 0 fully saturated rings. The van der Waals surface area contributed by atoms with Crippen molar-refractivity contribution in [1.29, 1.82) is 0 Å². The van der Waals surface area contributed by atoms with E-state index in [-0.39, 0.29) is 12.1 Å². The number of hydrogen-bond donors (Lipinski definition) is 2. The third-order valence-electron chi connectivity index (χ3n) is 12.1. The summed E-state index contributed by atoms with van der Waals surface area (Å²) in [7, 11) is 0. The van der Waals surface area contributed by atoms with Gasteiger partial charge in [0.05, 0.1) is 5.75 Å². The maximum atomic E-state index is 12.8. The molecular formula is C55H108N2O2S. The average Bonchev–Trinajstić information content (AvgIpc) is 3.25. The van der Waals surface area contributed by atoms with Gasteiger partial charge in [-0.1, -0.05) is 231 Å². The highest BCUT2D eigenvalue weighted by Gasteiger charge is 2.14. The lowest BCUT2D eigenvalue weighted by Crippen LogP contribution is -2.40. The molecule has 0 amide bonds. The fraction of sp³-hybridized carbons (Fsp3) is 0.909. The highest BCUT2D eigenvalue weighted by Crippen LogP contribution is 2.15. The number of thioether (sulfide) groups is 1. The zero-order chi connectivity index (χ0) is 43.3. The molecule has 2 N–H and O–H groups in total. The van der Waals surface area contributed by atoms with Crippen molar-refractivity contribution in [1.82, 2.24) is 10.6 Å². The van der Waals surface area contributed by atoms with Crippen molar-refractivity contribution in [2.75, 3.05) is 37.7 Å². The van der Waals surface area contributed by atoms with Gasteiger partial charge in [0.2, 0.25) is 0 Å². The van der Waals surface area contributed by atoms with E-state index in [9.17, 15) is 4.79 Å².